The number of nitro groups is 2. The van der Waals surface area contributed by atoms with Crippen molar-refractivity contribution < 1.29 is 19.4 Å². The van der Waals surface area contributed by atoms with E-state index in [-0.39, 0.29) is 11.5 Å². The van der Waals surface area contributed by atoms with Gasteiger partial charge >= 0.3 is 0 Å². The quantitative estimate of drug-likeness (QED) is 0.574. The first-order valence-corrected chi connectivity index (χ1v) is 8.21. The summed E-state index contributed by atoms with van der Waals surface area (Å²) in [5.74, 6) is -0.744. The third-order valence-corrected chi connectivity index (χ3v) is 3.90. The number of nitrogens with one attached hydrogen (secondary N) is 1. The van der Waals surface area contributed by atoms with Crippen molar-refractivity contribution in [2.45, 2.75) is 12.8 Å². The fourth-order valence-electron chi connectivity index (χ4n) is 2.42. The molecule has 1 N–H and O–H groups in total. The third kappa shape index (κ3) is 5.34. The first-order valence-electron chi connectivity index (χ1n) is 8.21. The highest BCUT2D eigenvalue weighted by molar-refractivity contribution is 6.05. The lowest BCUT2D eigenvalue weighted by molar-refractivity contribution is -0.394. The van der Waals surface area contributed by atoms with Gasteiger partial charge in [-0.1, -0.05) is 12.1 Å². The average molecular weight is 386 g/mol. The minimum absolute atomic E-state index is 0.0293. The van der Waals surface area contributed by atoms with E-state index < -0.39 is 27.1 Å². The van der Waals surface area contributed by atoms with Crippen LogP contribution in [0.1, 0.15) is 22.3 Å². The molecule has 146 valence electrons. The van der Waals surface area contributed by atoms with Crippen LogP contribution < -0.4 is 5.32 Å². The molecule has 0 saturated heterocycles. The van der Waals surface area contributed by atoms with E-state index in [9.17, 15) is 29.8 Å². The third-order valence-electron chi connectivity index (χ3n) is 3.90. The highest BCUT2D eigenvalue weighted by atomic mass is 16.6. The van der Waals surface area contributed by atoms with Crippen LogP contribution in [0.25, 0.3) is 0 Å². The maximum atomic E-state index is 12.4. The van der Waals surface area contributed by atoms with E-state index in [0.717, 1.165) is 23.8 Å². The van der Waals surface area contributed by atoms with Crippen LogP contribution in [0.15, 0.2) is 42.5 Å². The largest absolute Gasteiger partial charge is 0.349 e. The molecular formula is C18H18N4O6. The van der Waals surface area contributed by atoms with E-state index in [4.69, 9.17) is 0 Å². The Kier molecular flexibility index (Phi) is 6.38. The van der Waals surface area contributed by atoms with E-state index in [1.54, 1.807) is 38.4 Å². The van der Waals surface area contributed by atoms with Crippen molar-refractivity contribution in [3.05, 3.63) is 73.8 Å². The van der Waals surface area contributed by atoms with Crippen molar-refractivity contribution in [3.8, 4) is 0 Å². The van der Waals surface area contributed by atoms with Crippen LogP contribution in [0.4, 0.5) is 17.1 Å². The fraction of sp³-hybridized carbons (Fsp3) is 0.222. The monoisotopic (exact) mass is 386 g/mol. The second kappa shape index (κ2) is 8.71. The molecule has 2 aromatic rings. The summed E-state index contributed by atoms with van der Waals surface area (Å²) in [6.45, 7) is 0. The molecule has 0 aliphatic heterocycles. The molecule has 0 fully saturated rings. The molecule has 2 amide bonds. The Bertz CT molecular complexity index is 909. The summed E-state index contributed by atoms with van der Waals surface area (Å²) in [6, 6.07) is 9.52. The minimum atomic E-state index is -0.799. The Balaban J connectivity index is 2.19. The van der Waals surface area contributed by atoms with Crippen molar-refractivity contribution in [2.24, 2.45) is 0 Å². The van der Waals surface area contributed by atoms with Gasteiger partial charge in [0.15, 0.2) is 0 Å². The maximum Gasteiger partial charge on any atom is 0.277 e. The molecule has 28 heavy (non-hydrogen) atoms. The lowest BCUT2D eigenvalue weighted by atomic mass is 10.1. The van der Waals surface area contributed by atoms with Gasteiger partial charge in [0.2, 0.25) is 5.91 Å². The van der Waals surface area contributed by atoms with Crippen LogP contribution >= 0.6 is 0 Å². The summed E-state index contributed by atoms with van der Waals surface area (Å²) >= 11 is 0. The van der Waals surface area contributed by atoms with Gasteiger partial charge in [0, 0.05) is 38.3 Å². The van der Waals surface area contributed by atoms with E-state index in [0.29, 0.717) is 18.5 Å². The predicted molar refractivity (Wildman–Crippen MR) is 101 cm³/mol. The summed E-state index contributed by atoms with van der Waals surface area (Å²) in [5, 5.41) is 24.5. The van der Waals surface area contributed by atoms with Crippen molar-refractivity contribution in [3.63, 3.8) is 0 Å². The summed E-state index contributed by atoms with van der Waals surface area (Å²) in [5.41, 5.74) is -0.0633. The molecule has 0 spiro atoms. The van der Waals surface area contributed by atoms with Gasteiger partial charge in [-0.05, 0) is 24.1 Å². The highest BCUT2D eigenvalue weighted by Crippen LogP contribution is 2.23. The van der Waals surface area contributed by atoms with Gasteiger partial charge in [0.05, 0.1) is 21.5 Å². The zero-order valence-electron chi connectivity index (χ0n) is 15.2. The number of carbonyl (C=O) groups is 2. The van der Waals surface area contributed by atoms with Crippen molar-refractivity contribution >= 4 is 28.9 Å². The Morgan fingerprint density at radius 1 is 1.00 bits per heavy atom. The molecule has 0 heterocycles. The Labute approximate surface area is 160 Å². The Morgan fingerprint density at radius 3 is 2.14 bits per heavy atom. The summed E-state index contributed by atoms with van der Waals surface area (Å²) in [7, 11) is 3.33. The zero-order valence-corrected chi connectivity index (χ0v) is 15.2. The van der Waals surface area contributed by atoms with Gasteiger partial charge in [0.1, 0.15) is 0 Å². The van der Waals surface area contributed by atoms with Gasteiger partial charge in [-0.3, -0.25) is 29.8 Å². The lowest BCUT2D eigenvalue weighted by Crippen LogP contribution is -2.21. The molecule has 0 atom stereocenters. The fourth-order valence-corrected chi connectivity index (χ4v) is 2.42. The molecule has 2 rings (SSSR count). The second-order valence-electron chi connectivity index (χ2n) is 6.19. The number of anilines is 1. The smallest absolute Gasteiger partial charge is 0.277 e. The van der Waals surface area contributed by atoms with Crippen LogP contribution in [0.5, 0.6) is 0 Å². The van der Waals surface area contributed by atoms with Crippen LogP contribution in [-0.4, -0.2) is 40.7 Å². The molecule has 0 aliphatic carbocycles. The number of non-ortho nitro benzene ring substituents is 2. The summed E-state index contributed by atoms with van der Waals surface area (Å²) in [6.07, 6.45) is 0.782. The molecule has 0 saturated carbocycles. The number of benzene rings is 2. The Hall–Kier alpha value is -3.82. The standard InChI is InChI=1S/C18H18N4O6/c1-20(2)17(23)7-6-12-4-3-5-14(8-12)19-18(24)13-9-15(21(25)26)11-16(10-13)22(27)28/h3-5,8-11H,6-7H2,1-2H3,(H,19,24). The van der Waals surface area contributed by atoms with Crippen LogP contribution in [0.2, 0.25) is 0 Å². The molecule has 0 unspecified atom stereocenters. The van der Waals surface area contributed by atoms with Gasteiger partial charge in [-0.15, -0.1) is 0 Å². The predicted octanol–water partition coefficient (Wildman–Crippen LogP) is 2.78. The van der Waals surface area contributed by atoms with Crippen molar-refractivity contribution in [2.75, 3.05) is 19.4 Å². The van der Waals surface area contributed by atoms with Crippen LogP contribution in [-0.2, 0) is 11.2 Å². The van der Waals surface area contributed by atoms with E-state index >= 15 is 0 Å². The van der Waals surface area contributed by atoms with Gasteiger partial charge in [-0.25, -0.2) is 0 Å². The molecule has 0 bridgehead atoms. The number of nitro benzene ring substituents is 2. The molecular weight excluding hydrogens is 368 g/mol. The summed E-state index contributed by atoms with van der Waals surface area (Å²) in [4.78, 5) is 45.9. The first kappa shape index (κ1) is 20.5. The second-order valence-corrected chi connectivity index (χ2v) is 6.19. The normalized spacial score (nSPS) is 10.2. The van der Waals surface area contributed by atoms with E-state index in [1.807, 2.05) is 0 Å². The van der Waals surface area contributed by atoms with Gasteiger partial charge in [-0.2, -0.15) is 0 Å². The minimum Gasteiger partial charge on any atom is -0.349 e. The number of hydrogen-bond donors (Lipinski definition) is 1. The van der Waals surface area contributed by atoms with Crippen molar-refractivity contribution in [1.29, 1.82) is 0 Å². The lowest BCUT2D eigenvalue weighted by Gasteiger charge is -2.11. The van der Waals surface area contributed by atoms with Gasteiger partial charge in [0.25, 0.3) is 17.3 Å². The number of nitrogens with zero attached hydrogens (tertiary/aromatic N) is 3. The number of hydrogen-bond acceptors (Lipinski definition) is 6. The van der Waals surface area contributed by atoms with Crippen LogP contribution in [0.3, 0.4) is 0 Å². The molecule has 0 aromatic heterocycles. The molecule has 0 aliphatic rings. The first-order chi connectivity index (χ1) is 13.2. The SMILES string of the molecule is CN(C)C(=O)CCc1cccc(NC(=O)c2cc([N+](=O)[O-])cc([N+](=O)[O-])c2)c1. The Morgan fingerprint density at radius 2 is 1.61 bits per heavy atom. The average Bonchev–Trinajstić information content (AvgIpc) is 2.65. The molecule has 0 radical (unpaired) electrons. The number of aryl methyl sites for hydroxylation is 1. The van der Waals surface area contributed by atoms with Gasteiger partial charge < -0.3 is 10.2 Å². The van der Waals surface area contributed by atoms with E-state index in [2.05, 4.69) is 5.32 Å². The number of amides is 2. The zero-order chi connectivity index (χ0) is 20.8. The number of carbonyl (C=O) groups excluding carboxylic acids is 2. The number of rotatable bonds is 7. The molecule has 10 heteroatoms. The van der Waals surface area contributed by atoms with Crippen LogP contribution in [0, 0.1) is 20.2 Å². The maximum absolute atomic E-state index is 12.4. The molecule has 10 nitrogen and oxygen atoms in total. The highest BCUT2D eigenvalue weighted by Gasteiger charge is 2.20. The topological polar surface area (TPSA) is 136 Å². The van der Waals surface area contributed by atoms with Crippen molar-refractivity contribution in [1.82, 2.24) is 4.90 Å². The summed E-state index contributed by atoms with van der Waals surface area (Å²) < 4.78 is 0. The van der Waals surface area contributed by atoms with E-state index in [1.165, 1.54) is 4.90 Å². The molecule has 2 aromatic carbocycles.